The van der Waals surface area contributed by atoms with Crippen LogP contribution < -0.4 is 14.2 Å². The van der Waals surface area contributed by atoms with Crippen molar-refractivity contribution in [1.29, 1.82) is 0 Å². The fourth-order valence-corrected chi connectivity index (χ4v) is 3.01. The Labute approximate surface area is 124 Å². The molecule has 0 unspecified atom stereocenters. The van der Waals surface area contributed by atoms with E-state index in [0.29, 0.717) is 17.2 Å². The number of para-hydroxylation sites is 1. The molecule has 5 nitrogen and oxygen atoms in total. The molecule has 0 atom stereocenters. The van der Waals surface area contributed by atoms with E-state index in [-0.39, 0.29) is 4.90 Å². The van der Waals surface area contributed by atoms with Crippen LogP contribution in [0.1, 0.15) is 5.56 Å². The van der Waals surface area contributed by atoms with E-state index in [1.807, 2.05) is 19.1 Å². The molecule has 0 saturated heterocycles. The zero-order valence-electron chi connectivity index (χ0n) is 12.1. The number of hydrogen-bond acceptors (Lipinski definition) is 4. The molecule has 2 aromatic carbocycles. The summed E-state index contributed by atoms with van der Waals surface area (Å²) in [6.07, 6.45) is 0. The van der Waals surface area contributed by atoms with Gasteiger partial charge in [-0.15, -0.1) is 0 Å². The molecule has 112 valence electrons. The smallest absolute Gasteiger partial charge is 0.262 e. The summed E-state index contributed by atoms with van der Waals surface area (Å²) in [5, 5.41) is 0. The van der Waals surface area contributed by atoms with Gasteiger partial charge >= 0.3 is 0 Å². The molecule has 0 aliphatic heterocycles. The molecule has 6 heteroatoms. The van der Waals surface area contributed by atoms with E-state index in [0.717, 1.165) is 5.56 Å². The third kappa shape index (κ3) is 3.46. The summed E-state index contributed by atoms with van der Waals surface area (Å²) in [4.78, 5) is 0.0851. The molecule has 21 heavy (non-hydrogen) atoms. The summed E-state index contributed by atoms with van der Waals surface area (Å²) < 4.78 is 37.7. The van der Waals surface area contributed by atoms with Crippen LogP contribution in [0, 0.1) is 6.92 Å². The number of anilines is 1. The Bertz CT molecular complexity index is 719. The summed E-state index contributed by atoms with van der Waals surface area (Å²) in [6.45, 7) is 1.84. The predicted octanol–water partition coefficient (Wildman–Crippen LogP) is 2.81. The molecule has 0 saturated carbocycles. The lowest BCUT2D eigenvalue weighted by molar-refractivity contribution is 0.392. The monoisotopic (exact) mass is 307 g/mol. The van der Waals surface area contributed by atoms with Crippen LogP contribution in [0.3, 0.4) is 0 Å². The average molecular weight is 307 g/mol. The Balaban J connectivity index is 2.42. The fourth-order valence-electron chi connectivity index (χ4n) is 1.83. The van der Waals surface area contributed by atoms with Gasteiger partial charge in [0.25, 0.3) is 10.0 Å². The number of sulfonamides is 1. The van der Waals surface area contributed by atoms with Crippen LogP contribution in [-0.4, -0.2) is 22.6 Å². The van der Waals surface area contributed by atoms with Crippen molar-refractivity contribution in [3.8, 4) is 11.5 Å². The van der Waals surface area contributed by atoms with Crippen LogP contribution in [0.25, 0.3) is 0 Å². The van der Waals surface area contributed by atoms with Crippen molar-refractivity contribution in [2.24, 2.45) is 0 Å². The van der Waals surface area contributed by atoms with Crippen molar-refractivity contribution in [2.75, 3.05) is 18.9 Å². The van der Waals surface area contributed by atoms with Gasteiger partial charge < -0.3 is 9.47 Å². The highest BCUT2D eigenvalue weighted by atomic mass is 32.2. The van der Waals surface area contributed by atoms with E-state index < -0.39 is 10.0 Å². The van der Waals surface area contributed by atoms with Gasteiger partial charge in [0.05, 0.1) is 24.8 Å². The van der Waals surface area contributed by atoms with Crippen molar-refractivity contribution in [2.45, 2.75) is 11.8 Å². The summed E-state index contributed by atoms with van der Waals surface area (Å²) in [5.74, 6) is 0.832. The van der Waals surface area contributed by atoms with Crippen molar-refractivity contribution in [3.63, 3.8) is 0 Å². The first kappa shape index (κ1) is 15.2. The van der Waals surface area contributed by atoms with Crippen LogP contribution in [0.15, 0.2) is 47.4 Å². The minimum absolute atomic E-state index is 0.0851. The van der Waals surface area contributed by atoms with Crippen LogP contribution in [0.2, 0.25) is 0 Å². The normalized spacial score (nSPS) is 11.0. The van der Waals surface area contributed by atoms with Crippen LogP contribution in [-0.2, 0) is 10.0 Å². The minimum Gasteiger partial charge on any atom is -0.497 e. The lowest BCUT2D eigenvalue weighted by atomic mass is 10.2. The number of rotatable bonds is 5. The Hall–Kier alpha value is -2.21. The molecule has 0 bridgehead atoms. The number of aryl methyl sites for hydroxylation is 1. The predicted molar refractivity (Wildman–Crippen MR) is 81.5 cm³/mol. The number of methoxy groups -OCH3 is 2. The van der Waals surface area contributed by atoms with Crippen LogP contribution in [0.4, 0.5) is 5.69 Å². The number of hydrogen-bond donors (Lipinski definition) is 1. The van der Waals surface area contributed by atoms with Crippen molar-refractivity contribution in [3.05, 3.63) is 48.0 Å². The Morgan fingerprint density at radius 3 is 2.05 bits per heavy atom. The molecule has 0 aromatic heterocycles. The second kappa shape index (κ2) is 6.05. The number of benzene rings is 2. The van der Waals surface area contributed by atoms with Gasteiger partial charge in [0.15, 0.2) is 0 Å². The number of nitrogens with one attached hydrogen (secondary N) is 1. The SMILES string of the molecule is COc1cc(OC)cc(S(=O)(=O)Nc2ccccc2C)c1. The highest BCUT2D eigenvalue weighted by Gasteiger charge is 2.17. The molecule has 1 N–H and O–H groups in total. The molecule has 0 aliphatic rings. The second-order valence-corrected chi connectivity index (χ2v) is 6.15. The third-order valence-corrected chi connectivity index (χ3v) is 4.37. The van der Waals surface area contributed by atoms with Gasteiger partial charge in [-0.3, -0.25) is 4.72 Å². The zero-order valence-corrected chi connectivity index (χ0v) is 12.9. The first-order chi connectivity index (χ1) is 9.96. The lowest BCUT2D eigenvalue weighted by Crippen LogP contribution is -2.14. The highest BCUT2D eigenvalue weighted by molar-refractivity contribution is 7.92. The van der Waals surface area contributed by atoms with E-state index in [2.05, 4.69) is 4.72 Å². The quantitative estimate of drug-likeness (QED) is 0.922. The van der Waals surface area contributed by atoms with Crippen molar-refractivity contribution >= 4 is 15.7 Å². The van der Waals surface area contributed by atoms with Gasteiger partial charge in [-0.2, -0.15) is 0 Å². The van der Waals surface area contributed by atoms with Gasteiger partial charge in [-0.05, 0) is 18.6 Å². The van der Waals surface area contributed by atoms with E-state index in [1.54, 1.807) is 18.2 Å². The molecular weight excluding hydrogens is 290 g/mol. The third-order valence-electron chi connectivity index (χ3n) is 3.02. The van der Waals surface area contributed by atoms with Crippen molar-refractivity contribution < 1.29 is 17.9 Å². The summed E-state index contributed by atoms with van der Waals surface area (Å²) in [5.41, 5.74) is 1.38. The van der Waals surface area contributed by atoms with E-state index >= 15 is 0 Å². The molecule has 0 amide bonds. The summed E-state index contributed by atoms with van der Waals surface area (Å²) in [7, 11) is -0.767. The standard InChI is InChI=1S/C15H17NO4S/c1-11-6-4-5-7-15(11)16-21(17,18)14-9-12(19-2)8-13(10-14)20-3/h4-10,16H,1-3H3. The van der Waals surface area contributed by atoms with Crippen LogP contribution in [0.5, 0.6) is 11.5 Å². The lowest BCUT2D eigenvalue weighted by Gasteiger charge is -2.12. The molecular formula is C15H17NO4S. The van der Waals surface area contributed by atoms with E-state index in [9.17, 15) is 8.42 Å². The van der Waals surface area contributed by atoms with Gasteiger partial charge in [0, 0.05) is 18.2 Å². The first-order valence-corrected chi connectivity index (χ1v) is 7.76. The highest BCUT2D eigenvalue weighted by Crippen LogP contribution is 2.27. The van der Waals surface area contributed by atoms with E-state index in [1.165, 1.54) is 26.4 Å². The molecule has 0 spiro atoms. The summed E-state index contributed by atoms with van der Waals surface area (Å²) >= 11 is 0. The van der Waals surface area contributed by atoms with Crippen LogP contribution >= 0.6 is 0 Å². The molecule has 2 rings (SSSR count). The van der Waals surface area contributed by atoms with Gasteiger partial charge in [0.1, 0.15) is 11.5 Å². The molecule has 0 aliphatic carbocycles. The average Bonchev–Trinajstić information content (AvgIpc) is 2.48. The largest absolute Gasteiger partial charge is 0.497 e. The minimum atomic E-state index is -3.71. The van der Waals surface area contributed by atoms with Gasteiger partial charge in [0.2, 0.25) is 0 Å². The Morgan fingerprint density at radius 2 is 1.52 bits per heavy atom. The molecule has 0 radical (unpaired) electrons. The summed E-state index contributed by atoms with van der Waals surface area (Å²) in [6, 6.07) is 11.7. The molecule has 2 aromatic rings. The zero-order chi connectivity index (χ0) is 15.5. The maximum Gasteiger partial charge on any atom is 0.262 e. The Kier molecular flexibility index (Phi) is 4.37. The molecule has 0 heterocycles. The van der Waals surface area contributed by atoms with Crippen molar-refractivity contribution in [1.82, 2.24) is 0 Å². The first-order valence-electron chi connectivity index (χ1n) is 6.28. The fraction of sp³-hybridized carbons (Fsp3) is 0.200. The molecule has 0 fully saturated rings. The maximum atomic E-state index is 12.5. The number of ether oxygens (including phenoxy) is 2. The van der Waals surface area contributed by atoms with Gasteiger partial charge in [-0.1, -0.05) is 18.2 Å². The van der Waals surface area contributed by atoms with E-state index in [4.69, 9.17) is 9.47 Å². The topological polar surface area (TPSA) is 64.6 Å². The van der Waals surface area contributed by atoms with Gasteiger partial charge in [-0.25, -0.2) is 8.42 Å². The Morgan fingerprint density at radius 1 is 0.952 bits per heavy atom. The maximum absolute atomic E-state index is 12.5. The second-order valence-electron chi connectivity index (χ2n) is 4.47.